The maximum absolute atomic E-state index is 10.7. The van der Waals surface area contributed by atoms with E-state index in [2.05, 4.69) is 0 Å². The molecule has 0 spiro atoms. The minimum absolute atomic E-state index is 0.00227. The van der Waals surface area contributed by atoms with Crippen LogP contribution in [0.4, 0.5) is 0 Å². The minimum atomic E-state index is 0.00227. The Hall–Kier alpha value is -1.44. The third-order valence-electron chi connectivity index (χ3n) is 1.41. The molecule has 0 aliphatic carbocycles. The molecular formula is C9H7O2. The second-order valence-electron chi connectivity index (χ2n) is 2.24. The van der Waals surface area contributed by atoms with Gasteiger partial charge >= 0.3 is 0 Å². The molecule has 0 saturated carbocycles. The molecule has 0 aromatic heterocycles. The van der Waals surface area contributed by atoms with Gasteiger partial charge in [0, 0.05) is 11.1 Å². The highest BCUT2D eigenvalue weighted by molar-refractivity contribution is 5.94. The highest BCUT2D eigenvalue weighted by Gasteiger charge is 1.97. The van der Waals surface area contributed by atoms with Crippen LogP contribution in [0.5, 0.6) is 0 Å². The zero-order chi connectivity index (χ0) is 8.27. The van der Waals surface area contributed by atoms with Crippen molar-refractivity contribution in [3.05, 3.63) is 35.4 Å². The fourth-order valence-electron chi connectivity index (χ4n) is 0.773. The quantitative estimate of drug-likeness (QED) is 0.591. The van der Waals surface area contributed by atoms with E-state index < -0.39 is 0 Å². The fourth-order valence-corrected chi connectivity index (χ4v) is 0.773. The van der Waals surface area contributed by atoms with Crippen LogP contribution in [-0.4, -0.2) is 12.1 Å². The molecule has 0 bridgehead atoms. The number of ketones is 1. The second-order valence-corrected chi connectivity index (χ2v) is 2.24. The smallest absolute Gasteiger partial charge is 0.233 e. The monoisotopic (exact) mass is 147 g/mol. The number of carbonyl (C=O) groups excluding carboxylic acids is 2. The second kappa shape index (κ2) is 3.10. The lowest BCUT2D eigenvalue weighted by Gasteiger charge is -1.92. The van der Waals surface area contributed by atoms with Gasteiger partial charge in [-0.05, 0) is 6.92 Å². The van der Waals surface area contributed by atoms with Crippen molar-refractivity contribution in [2.24, 2.45) is 0 Å². The number of Topliss-reactive ketones (excluding diaryl/α,β-unsaturated/α-hetero) is 1. The van der Waals surface area contributed by atoms with Crippen LogP contribution in [0.3, 0.4) is 0 Å². The zero-order valence-electron chi connectivity index (χ0n) is 6.13. The molecule has 0 atom stereocenters. The summed E-state index contributed by atoms with van der Waals surface area (Å²) in [4.78, 5) is 20.8. The Kier molecular flexibility index (Phi) is 2.16. The molecular weight excluding hydrogens is 140 g/mol. The molecule has 0 aliphatic rings. The highest BCUT2D eigenvalue weighted by Crippen LogP contribution is 2.02. The molecule has 2 nitrogen and oxygen atoms in total. The van der Waals surface area contributed by atoms with E-state index in [0.29, 0.717) is 11.1 Å². The lowest BCUT2D eigenvalue weighted by Crippen LogP contribution is -1.91. The largest absolute Gasteiger partial charge is 0.295 e. The van der Waals surface area contributed by atoms with Gasteiger partial charge in [0.25, 0.3) is 0 Å². The number of rotatable bonds is 2. The summed E-state index contributed by atoms with van der Waals surface area (Å²) in [5.74, 6) is 0.00227. The lowest BCUT2D eigenvalue weighted by atomic mass is 10.1. The molecule has 11 heavy (non-hydrogen) atoms. The number of hydrogen-bond acceptors (Lipinski definition) is 2. The van der Waals surface area contributed by atoms with Crippen molar-refractivity contribution >= 4 is 12.1 Å². The Morgan fingerprint density at radius 1 is 1.27 bits per heavy atom. The van der Waals surface area contributed by atoms with Gasteiger partial charge in [0.2, 0.25) is 6.29 Å². The molecule has 1 aromatic rings. The van der Waals surface area contributed by atoms with Crippen LogP contribution in [0.2, 0.25) is 0 Å². The van der Waals surface area contributed by atoms with Crippen LogP contribution in [0, 0.1) is 0 Å². The Morgan fingerprint density at radius 3 is 2.18 bits per heavy atom. The van der Waals surface area contributed by atoms with Gasteiger partial charge in [-0.1, -0.05) is 24.3 Å². The first-order valence-corrected chi connectivity index (χ1v) is 3.23. The van der Waals surface area contributed by atoms with Gasteiger partial charge in [-0.3, -0.25) is 9.59 Å². The molecule has 0 fully saturated rings. The van der Waals surface area contributed by atoms with Crippen molar-refractivity contribution in [2.45, 2.75) is 6.92 Å². The molecule has 55 valence electrons. The van der Waals surface area contributed by atoms with E-state index >= 15 is 0 Å². The highest BCUT2D eigenvalue weighted by atomic mass is 16.1. The van der Waals surface area contributed by atoms with Crippen LogP contribution in [-0.2, 0) is 4.79 Å². The van der Waals surface area contributed by atoms with Gasteiger partial charge in [0.15, 0.2) is 5.78 Å². The SMILES string of the molecule is CC(=O)c1ccc([C]=O)cc1. The average molecular weight is 147 g/mol. The summed E-state index contributed by atoms with van der Waals surface area (Å²) < 4.78 is 0. The Labute approximate surface area is 64.8 Å². The van der Waals surface area contributed by atoms with Crippen molar-refractivity contribution < 1.29 is 9.59 Å². The summed E-state index contributed by atoms with van der Waals surface area (Å²) in [6.07, 6.45) is 1.73. The maximum Gasteiger partial charge on any atom is 0.233 e. The number of benzene rings is 1. The molecule has 0 aliphatic heterocycles. The van der Waals surface area contributed by atoms with Gasteiger partial charge < -0.3 is 0 Å². The predicted octanol–water partition coefficient (Wildman–Crippen LogP) is 1.35. The van der Waals surface area contributed by atoms with Crippen molar-refractivity contribution in [3.63, 3.8) is 0 Å². The zero-order valence-corrected chi connectivity index (χ0v) is 6.13. The summed E-state index contributed by atoms with van der Waals surface area (Å²) >= 11 is 0. The average Bonchev–Trinajstić information content (AvgIpc) is 2.05. The van der Waals surface area contributed by atoms with Crippen molar-refractivity contribution in [3.8, 4) is 0 Å². The van der Waals surface area contributed by atoms with Crippen LogP contribution < -0.4 is 0 Å². The Bertz CT molecular complexity index is 272. The molecule has 1 radical (unpaired) electrons. The van der Waals surface area contributed by atoms with E-state index in [0.717, 1.165) is 0 Å². The van der Waals surface area contributed by atoms with Crippen molar-refractivity contribution in [1.82, 2.24) is 0 Å². The van der Waals surface area contributed by atoms with Gasteiger partial charge in [0.05, 0.1) is 0 Å². The summed E-state index contributed by atoms with van der Waals surface area (Å²) in [6.45, 7) is 1.49. The minimum Gasteiger partial charge on any atom is -0.295 e. The molecule has 1 rings (SSSR count). The summed E-state index contributed by atoms with van der Waals surface area (Å²) in [7, 11) is 0. The number of carbonyl (C=O) groups is 1. The van der Waals surface area contributed by atoms with Crippen LogP contribution in [0.15, 0.2) is 24.3 Å². The normalized spacial score (nSPS) is 9.18. The van der Waals surface area contributed by atoms with Gasteiger partial charge in [0.1, 0.15) is 0 Å². The number of hydrogen-bond donors (Lipinski definition) is 0. The third kappa shape index (κ3) is 1.74. The van der Waals surface area contributed by atoms with E-state index in [1.807, 2.05) is 0 Å². The van der Waals surface area contributed by atoms with Gasteiger partial charge in [-0.15, -0.1) is 0 Å². The molecule has 0 unspecified atom stereocenters. The van der Waals surface area contributed by atoms with E-state index in [9.17, 15) is 9.59 Å². The fraction of sp³-hybridized carbons (Fsp3) is 0.111. The van der Waals surface area contributed by atoms with Gasteiger partial charge in [-0.25, -0.2) is 0 Å². The molecule has 0 amide bonds. The first-order valence-electron chi connectivity index (χ1n) is 3.23. The van der Waals surface area contributed by atoms with Crippen LogP contribution in [0.1, 0.15) is 22.8 Å². The maximum atomic E-state index is 10.7. The summed E-state index contributed by atoms with van der Waals surface area (Å²) in [5, 5.41) is 0. The van der Waals surface area contributed by atoms with E-state index in [1.165, 1.54) is 6.92 Å². The van der Waals surface area contributed by atoms with E-state index in [-0.39, 0.29) is 5.78 Å². The Morgan fingerprint density at radius 2 is 1.82 bits per heavy atom. The first kappa shape index (κ1) is 7.66. The van der Waals surface area contributed by atoms with E-state index in [4.69, 9.17) is 0 Å². The molecule has 0 heterocycles. The van der Waals surface area contributed by atoms with Gasteiger partial charge in [-0.2, -0.15) is 0 Å². The first-order chi connectivity index (χ1) is 5.24. The van der Waals surface area contributed by atoms with Crippen molar-refractivity contribution in [1.29, 1.82) is 0 Å². The van der Waals surface area contributed by atoms with Crippen LogP contribution in [0.25, 0.3) is 0 Å². The topological polar surface area (TPSA) is 34.1 Å². The Balaban J connectivity index is 3.00. The summed E-state index contributed by atoms with van der Waals surface area (Å²) in [5.41, 5.74) is 1.08. The third-order valence-corrected chi connectivity index (χ3v) is 1.41. The van der Waals surface area contributed by atoms with Crippen molar-refractivity contribution in [2.75, 3.05) is 0 Å². The molecule has 0 saturated heterocycles. The van der Waals surface area contributed by atoms with Crippen LogP contribution >= 0.6 is 0 Å². The molecule has 0 N–H and O–H groups in total. The summed E-state index contributed by atoms with van der Waals surface area (Å²) in [6, 6.07) is 6.37. The lowest BCUT2D eigenvalue weighted by molar-refractivity contribution is 0.101. The van der Waals surface area contributed by atoms with E-state index in [1.54, 1.807) is 30.6 Å². The predicted molar refractivity (Wildman–Crippen MR) is 41.2 cm³/mol. The molecule has 2 heteroatoms. The molecule has 1 aromatic carbocycles. The standard InChI is InChI=1S/C9H7O2/c1-7(11)9-4-2-8(6-10)3-5-9/h2-5H,1H3.